The summed E-state index contributed by atoms with van der Waals surface area (Å²) in [4.78, 5) is 28.8. The fourth-order valence-corrected chi connectivity index (χ4v) is 4.18. The Kier molecular flexibility index (Phi) is 12.1. The molecule has 1 atom stereocenters. The van der Waals surface area contributed by atoms with E-state index in [-0.39, 0.29) is 31.1 Å². The van der Waals surface area contributed by atoms with Gasteiger partial charge in [-0.25, -0.2) is 0 Å². The van der Waals surface area contributed by atoms with E-state index in [1.54, 1.807) is 36.3 Å². The van der Waals surface area contributed by atoms with Crippen molar-refractivity contribution in [2.45, 2.75) is 45.4 Å². The van der Waals surface area contributed by atoms with Gasteiger partial charge < -0.3 is 24.4 Å². The van der Waals surface area contributed by atoms with Crippen LogP contribution in [-0.2, 0) is 27.3 Å². The quantitative estimate of drug-likeness (QED) is 0.259. The fourth-order valence-electron chi connectivity index (χ4n) is 3.99. The first kappa shape index (κ1) is 30.0. The number of halogens is 1. The maximum Gasteiger partial charge on any atom is 0.261 e. The first-order valence-electron chi connectivity index (χ1n) is 13.1. The van der Waals surface area contributed by atoms with Gasteiger partial charge in [-0.05, 0) is 55.7 Å². The van der Waals surface area contributed by atoms with Gasteiger partial charge in [0.05, 0.1) is 18.2 Å². The van der Waals surface area contributed by atoms with E-state index < -0.39 is 6.04 Å². The van der Waals surface area contributed by atoms with Gasteiger partial charge >= 0.3 is 0 Å². The summed E-state index contributed by atoms with van der Waals surface area (Å²) in [5, 5.41) is 3.42. The van der Waals surface area contributed by atoms with Gasteiger partial charge in [-0.1, -0.05) is 66.2 Å². The minimum atomic E-state index is -0.761. The van der Waals surface area contributed by atoms with Crippen LogP contribution in [0.1, 0.15) is 31.4 Å². The highest BCUT2D eigenvalue weighted by atomic mass is 35.5. The number of para-hydroxylation sites is 1. The zero-order chi connectivity index (χ0) is 28.0. The van der Waals surface area contributed by atoms with Crippen LogP contribution < -0.4 is 14.8 Å². The number of hydrogen-bond acceptors (Lipinski definition) is 5. The molecule has 0 radical (unpaired) electrons. The first-order valence-corrected chi connectivity index (χ1v) is 13.5. The Labute approximate surface area is 236 Å². The van der Waals surface area contributed by atoms with Gasteiger partial charge in [-0.2, -0.15) is 0 Å². The Balaban J connectivity index is 1.84. The summed E-state index contributed by atoms with van der Waals surface area (Å²) in [6.07, 6.45) is 1.15. The fraction of sp³-hybridized carbons (Fsp3) is 0.355. The Morgan fingerprint density at radius 3 is 2.28 bits per heavy atom. The molecule has 39 heavy (non-hydrogen) atoms. The van der Waals surface area contributed by atoms with Crippen molar-refractivity contribution in [2.24, 2.45) is 0 Å². The first-order chi connectivity index (χ1) is 18.9. The summed E-state index contributed by atoms with van der Waals surface area (Å²) in [6, 6.07) is 23.3. The molecule has 3 rings (SSSR count). The standard InChI is InChI=1S/C31H37ClN2O5/c1-23(2)38-19-9-18-33-31(36)28(20-24-10-5-4-6-11-24)34(21-25-14-16-26(37-3)17-15-25)30(35)22-39-29-13-8-7-12-27(29)32/h4-8,10-17,23,28H,9,18-22H2,1-3H3,(H,33,36)/t28-/m1/s1. The molecule has 208 valence electrons. The summed E-state index contributed by atoms with van der Waals surface area (Å²) >= 11 is 6.23. The smallest absolute Gasteiger partial charge is 0.261 e. The molecule has 0 spiro atoms. The van der Waals surface area contributed by atoms with Crippen LogP contribution in [0.2, 0.25) is 5.02 Å². The second kappa shape index (κ2) is 15.8. The SMILES string of the molecule is COc1ccc(CN(C(=O)COc2ccccc2Cl)[C@H](Cc2ccccc2)C(=O)NCCCOC(C)C)cc1. The highest BCUT2D eigenvalue weighted by molar-refractivity contribution is 6.32. The molecule has 0 aromatic heterocycles. The lowest BCUT2D eigenvalue weighted by Gasteiger charge is -2.31. The number of methoxy groups -OCH3 is 1. The lowest BCUT2D eigenvalue weighted by atomic mass is 10.0. The minimum Gasteiger partial charge on any atom is -0.497 e. The third-order valence-electron chi connectivity index (χ3n) is 6.04. The topological polar surface area (TPSA) is 77.1 Å². The summed E-state index contributed by atoms with van der Waals surface area (Å²) in [5.41, 5.74) is 1.80. The van der Waals surface area contributed by atoms with Crippen molar-refractivity contribution in [3.05, 3.63) is 95.0 Å². The molecule has 0 saturated carbocycles. The third-order valence-corrected chi connectivity index (χ3v) is 6.35. The Hall–Kier alpha value is -3.55. The zero-order valence-corrected chi connectivity index (χ0v) is 23.5. The van der Waals surface area contributed by atoms with Crippen LogP contribution in [-0.4, -0.2) is 55.7 Å². The lowest BCUT2D eigenvalue weighted by Crippen LogP contribution is -2.52. The molecule has 0 unspecified atom stereocenters. The molecule has 0 fully saturated rings. The molecule has 0 bridgehead atoms. The summed E-state index contributed by atoms with van der Waals surface area (Å²) in [6.45, 7) is 4.89. The molecule has 0 aliphatic rings. The highest BCUT2D eigenvalue weighted by Gasteiger charge is 2.30. The molecule has 1 N–H and O–H groups in total. The van der Waals surface area contributed by atoms with Crippen LogP contribution in [0.3, 0.4) is 0 Å². The normalized spacial score (nSPS) is 11.6. The van der Waals surface area contributed by atoms with Crippen LogP contribution in [0.5, 0.6) is 11.5 Å². The van der Waals surface area contributed by atoms with E-state index in [1.807, 2.05) is 68.4 Å². The van der Waals surface area contributed by atoms with Crippen molar-refractivity contribution in [1.29, 1.82) is 0 Å². The Morgan fingerprint density at radius 1 is 0.923 bits per heavy atom. The lowest BCUT2D eigenvalue weighted by molar-refractivity contribution is -0.142. The van der Waals surface area contributed by atoms with Crippen molar-refractivity contribution in [2.75, 3.05) is 26.9 Å². The molecule has 0 saturated heterocycles. The predicted octanol–water partition coefficient (Wildman–Crippen LogP) is 5.30. The summed E-state index contributed by atoms with van der Waals surface area (Å²) in [5.74, 6) is 0.556. The average Bonchev–Trinajstić information content (AvgIpc) is 2.94. The van der Waals surface area contributed by atoms with Crippen molar-refractivity contribution >= 4 is 23.4 Å². The number of nitrogens with zero attached hydrogens (tertiary/aromatic N) is 1. The van der Waals surface area contributed by atoms with E-state index in [0.717, 1.165) is 11.1 Å². The van der Waals surface area contributed by atoms with Crippen LogP contribution in [0.4, 0.5) is 0 Å². The third kappa shape index (κ3) is 9.93. The maximum absolute atomic E-state index is 13.7. The number of rotatable bonds is 15. The minimum absolute atomic E-state index is 0.127. The Morgan fingerprint density at radius 2 is 1.62 bits per heavy atom. The average molecular weight is 553 g/mol. The summed E-state index contributed by atoms with van der Waals surface area (Å²) < 4.78 is 16.6. The van der Waals surface area contributed by atoms with Gasteiger partial charge in [0.15, 0.2) is 6.61 Å². The molecule has 3 aromatic carbocycles. The molecule has 0 heterocycles. The number of ether oxygens (including phenoxy) is 3. The van der Waals surface area contributed by atoms with E-state index in [2.05, 4.69) is 5.32 Å². The van der Waals surface area contributed by atoms with Crippen LogP contribution in [0.25, 0.3) is 0 Å². The zero-order valence-electron chi connectivity index (χ0n) is 22.8. The Bertz CT molecular complexity index is 1170. The number of carbonyl (C=O) groups excluding carboxylic acids is 2. The van der Waals surface area contributed by atoms with E-state index >= 15 is 0 Å². The molecule has 2 amide bonds. The van der Waals surface area contributed by atoms with Crippen LogP contribution in [0, 0.1) is 0 Å². The molecule has 3 aromatic rings. The molecule has 8 heteroatoms. The largest absolute Gasteiger partial charge is 0.497 e. The summed E-state index contributed by atoms with van der Waals surface area (Å²) in [7, 11) is 1.60. The van der Waals surface area contributed by atoms with Crippen molar-refractivity contribution in [3.63, 3.8) is 0 Å². The highest BCUT2D eigenvalue weighted by Crippen LogP contribution is 2.24. The molecule has 0 aliphatic carbocycles. The van der Waals surface area contributed by atoms with Crippen molar-refractivity contribution in [3.8, 4) is 11.5 Å². The van der Waals surface area contributed by atoms with Gasteiger partial charge in [0.25, 0.3) is 5.91 Å². The molecule has 7 nitrogen and oxygen atoms in total. The van der Waals surface area contributed by atoms with Gasteiger partial charge in [0.2, 0.25) is 5.91 Å². The molecular weight excluding hydrogens is 516 g/mol. The van der Waals surface area contributed by atoms with E-state index in [4.69, 9.17) is 25.8 Å². The number of carbonyl (C=O) groups is 2. The van der Waals surface area contributed by atoms with Gasteiger partial charge in [0.1, 0.15) is 17.5 Å². The number of nitrogens with one attached hydrogen (secondary N) is 1. The van der Waals surface area contributed by atoms with Crippen molar-refractivity contribution in [1.82, 2.24) is 10.2 Å². The van der Waals surface area contributed by atoms with Crippen LogP contribution in [0.15, 0.2) is 78.9 Å². The second-order valence-corrected chi connectivity index (χ2v) is 9.77. The molecular formula is C31H37ClN2O5. The van der Waals surface area contributed by atoms with Gasteiger partial charge in [0, 0.05) is 26.1 Å². The van der Waals surface area contributed by atoms with E-state index in [1.165, 1.54) is 0 Å². The second-order valence-electron chi connectivity index (χ2n) is 9.36. The monoisotopic (exact) mass is 552 g/mol. The van der Waals surface area contributed by atoms with E-state index in [9.17, 15) is 9.59 Å². The predicted molar refractivity (Wildman–Crippen MR) is 153 cm³/mol. The number of hydrogen-bond donors (Lipinski definition) is 1. The molecule has 0 aliphatic heterocycles. The van der Waals surface area contributed by atoms with Gasteiger partial charge in [-0.15, -0.1) is 0 Å². The number of benzene rings is 3. The van der Waals surface area contributed by atoms with Gasteiger partial charge in [-0.3, -0.25) is 9.59 Å². The van der Waals surface area contributed by atoms with Crippen LogP contribution >= 0.6 is 11.6 Å². The van der Waals surface area contributed by atoms with E-state index in [0.29, 0.717) is 42.5 Å². The van der Waals surface area contributed by atoms with Crippen molar-refractivity contribution < 1.29 is 23.8 Å². The number of amides is 2. The maximum atomic E-state index is 13.7.